The number of nitrogens with zero attached hydrogens (tertiary/aromatic N) is 3. The van der Waals surface area contributed by atoms with Crippen molar-refractivity contribution >= 4 is 27.8 Å². The fraction of sp³-hybridized carbons (Fsp3) is 0.360. The van der Waals surface area contributed by atoms with Gasteiger partial charge in [-0.3, -0.25) is 0 Å². The lowest BCUT2D eigenvalue weighted by Crippen LogP contribution is -2.37. The van der Waals surface area contributed by atoms with Crippen LogP contribution in [0.1, 0.15) is 22.5 Å². The number of anilines is 1. The second-order valence-corrected chi connectivity index (χ2v) is 8.23. The van der Waals surface area contributed by atoms with Crippen molar-refractivity contribution in [1.29, 1.82) is 0 Å². The van der Waals surface area contributed by atoms with E-state index < -0.39 is 0 Å². The van der Waals surface area contributed by atoms with Gasteiger partial charge in [0.25, 0.3) is 0 Å². The lowest BCUT2D eigenvalue weighted by molar-refractivity contribution is 0.122. The molecule has 0 bridgehead atoms. The molecule has 1 fully saturated rings. The maximum Gasteiger partial charge on any atom is 0.226 e. The third-order valence-electron chi connectivity index (χ3n) is 6.31. The largest absolute Gasteiger partial charge is 0.493 e. The summed E-state index contributed by atoms with van der Waals surface area (Å²) < 4.78 is 16.6. The highest BCUT2D eigenvalue weighted by Gasteiger charge is 2.19. The molecule has 2 aromatic heterocycles. The third kappa shape index (κ3) is 3.62. The zero-order valence-electron chi connectivity index (χ0n) is 19.0. The fourth-order valence-electron chi connectivity index (χ4n) is 4.36. The Hall–Kier alpha value is -3.32. The summed E-state index contributed by atoms with van der Waals surface area (Å²) in [5.74, 6) is 2.08. The van der Waals surface area contributed by atoms with Gasteiger partial charge in [0.05, 0.1) is 38.6 Å². The van der Waals surface area contributed by atoms with Crippen LogP contribution in [0.15, 0.2) is 30.3 Å². The van der Waals surface area contributed by atoms with E-state index in [0.717, 1.165) is 41.2 Å². The Bertz CT molecular complexity index is 1290. The lowest BCUT2D eigenvalue weighted by Gasteiger charge is -2.27. The number of hydrogen-bond donors (Lipinski definition) is 1. The van der Waals surface area contributed by atoms with Crippen LogP contribution in [-0.4, -0.2) is 55.5 Å². The van der Waals surface area contributed by atoms with E-state index >= 15 is 0 Å². The average molecular weight is 433 g/mol. The molecule has 32 heavy (non-hydrogen) atoms. The molecule has 166 valence electrons. The minimum absolute atomic E-state index is 0.664. The first-order valence-electron chi connectivity index (χ1n) is 10.9. The first kappa shape index (κ1) is 20.6. The van der Waals surface area contributed by atoms with Crippen molar-refractivity contribution in [2.75, 3.05) is 45.4 Å². The molecule has 5 rings (SSSR count). The first-order chi connectivity index (χ1) is 15.6. The van der Waals surface area contributed by atoms with Gasteiger partial charge >= 0.3 is 0 Å². The van der Waals surface area contributed by atoms with Gasteiger partial charge in [-0.1, -0.05) is 6.07 Å². The van der Waals surface area contributed by atoms with Crippen LogP contribution in [0.2, 0.25) is 0 Å². The van der Waals surface area contributed by atoms with Crippen molar-refractivity contribution in [3.05, 3.63) is 52.8 Å². The summed E-state index contributed by atoms with van der Waals surface area (Å²) in [6.45, 7) is 7.21. The summed E-state index contributed by atoms with van der Waals surface area (Å²) in [7, 11) is 3.29. The smallest absolute Gasteiger partial charge is 0.226 e. The van der Waals surface area contributed by atoms with Gasteiger partial charge in [0.1, 0.15) is 0 Å². The van der Waals surface area contributed by atoms with Crippen molar-refractivity contribution in [1.82, 2.24) is 15.0 Å². The van der Waals surface area contributed by atoms with E-state index in [1.807, 2.05) is 12.1 Å². The molecule has 4 aromatic rings. The summed E-state index contributed by atoms with van der Waals surface area (Å²) in [5.41, 5.74) is 6.69. The molecule has 1 aliphatic heterocycles. The number of H-pyrrole nitrogens is 1. The van der Waals surface area contributed by atoms with Crippen molar-refractivity contribution in [3.8, 4) is 11.5 Å². The minimum Gasteiger partial charge on any atom is -0.493 e. The lowest BCUT2D eigenvalue weighted by atomic mass is 10.0. The van der Waals surface area contributed by atoms with E-state index in [-0.39, 0.29) is 0 Å². The number of aromatic amines is 1. The van der Waals surface area contributed by atoms with Gasteiger partial charge in [-0.25, -0.2) is 9.97 Å². The van der Waals surface area contributed by atoms with Crippen molar-refractivity contribution in [3.63, 3.8) is 0 Å². The Kier molecular flexibility index (Phi) is 5.35. The zero-order chi connectivity index (χ0) is 22.2. The number of nitrogens with one attached hydrogen (secondary N) is 1. The van der Waals surface area contributed by atoms with Gasteiger partial charge in [0, 0.05) is 47.6 Å². The first-order valence-corrected chi connectivity index (χ1v) is 10.9. The number of aromatic nitrogens is 3. The monoisotopic (exact) mass is 432 g/mol. The van der Waals surface area contributed by atoms with Crippen LogP contribution >= 0.6 is 0 Å². The molecule has 3 heterocycles. The van der Waals surface area contributed by atoms with Crippen molar-refractivity contribution < 1.29 is 14.2 Å². The van der Waals surface area contributed by atoms with Gasteiger partial charge in [-0.2, -0.15) is 0 Å². The molecule has 0 saturated carbocycles. The van der Waals surface area contributed by atoms with Crippen LogP contribution in [0.3, 0.4) is 0 Å². The van der Waals surface area contributed by atoms with E-state index in [1.165, 1.54) is 22.2 Å². The predicted octanol–water partition coefficient (Wildman–Crippen LogP) is 4.17. The predicted molar refractivity (Wildman–Crippen MR) is 126 cm³/mol. The van der Waals surface area contributed by atoms with Crippen LogP contribution in [0, 0.1) is 13.8 Å². The summed E-state index contributed by atoms with van der Waals surface area (Å²) in [6, 6.07) is 10.5. The highest BCUT2D eigenvalue weighted by Crippen LogP contribution is 2.34. The van der Waals surface area contributed by atoms with Crippen LogP contribution in [-0.2, 0) is 11.2 Å². The molecule has 1 N–H and O–H groups in total. The summed E-state index contributed by atoms with van der Waals surface area (Å²) in [4.78, 5) is 15.5. The quantitative estimate of drug-likeness (QED) is 0.510. The zero-order valence-corrected chi connectivity index (χ0v) is 19.0. The van der Waals surface area contributed by atoms with Gasteiger partial charge in [-0.05, 0) is 43.2 Å². The highest BCUT2D eigenvalue weighted by molar-refractivity contribution is 5.87. The van der Waals surface area contributed by atoms with E-state index in [9.17, 15) is 0 Å². The number of methoxy groups -OCH3 is 2. The van der Waals surface area contributed by atoms with E-state index in [0.29, 0.717) is 31.1 Å². The molecule has 2 aromatic carbocycles. The van der Waals surface area contributed by atoms with Gasteiger partial charge < -0.3 is 24.1 Å². The summed E-state index contributed by atoms with van der Waals surface area (Å²) in [5, 5.41) is 2.23. The standard InChI is InChI=1S/C25H28N4O3/c1-15-16(2)26-20-6-5-17(11-18(15)20)12-21-19-13-23(30-3)24(31-4)14-22(19)28-25(27-21)29-7-9-32-10-8-29/h5-6,11,13-14,26H,7-10,12H2,1-4H3. The van der Waals surface area contributed by atoms with E-state index in [1.54, 1.807) is 14.2 Å². The molecule has 0 radical (unpaired) electrons. The van der Waals surface area contributed by atoms with E-state index in [2.05, 4.69) is 41.9 Å². The molecule has 1 aliphatic rings. The molecular weight excluding hydrogens is 404 g/mol. The molecule has 7 nitrogen and oxygen atoms in total. The van der Waals surface area contributed by atoms with Crippen LogP contribution in [0.4, 0.5) is 5.95 Å². The SMILES string of the molecule is COc1cc2nc(N3CCOCC3)nc(Cc3ccc4[nH]c(C)c(C)c4c3)c2cc1OC. The Balaban J connectivity index is 1.64. The minimum atomic E-state index is 0.664. The highest BCUT2D eigenvalue weighted by atomic mass is 16.5. The van der Waals surface area contributed by atoms with Crippen molar-refractivity contribution in [2.24, 2.45) is 0 Å². The number of ether oxygens (including phenoxy) is 3. The van der Waals surface area contributed by atoms with Gasteiger partial charge in [-0.15, -0.1) is 0 Å². The number of morpholine rings is 1. The topological polar surface area (TPSA) is 72.5 Å². The van der Waals surface area contributed by atoms with Gasteiger partial charge in [0.2, 0.25) is 5.95 Å². The third-order valence-corrected chi connectivity index (χ3v) is 6.31. The normalized spacial score (nSPS) is 14.3. The van der Waals surface area contributed by atoms with E-state index in [4.69, 9.17) is 24.2 Å². The number of rotatable bonds is 5. The number of fused-ring (bicyclic) bond motifs is 2. The molecular formula is C25H28N4O3. The average Bonchev–Trinajstić information content (AvgIpc) is 3.11. The molecule has 0 unspecified atom stereocenters. The van der Waals surface area contributed by atoms with Crippen LogP contribution < -0.4 is 14.4 Å². The second kappa shape index (κ2) is 8.31. The Morgan fingerprint density at radius 3 is 2.47 bits per heavy atom. The van der Waals surface area contributed by atoms with Crippen LogP contribution in [0.5, 0.6) is 11.5 Å². The second-order valence-electron chi connectivity index (χ2n) is 8.23. The Morgan fingerprint density at radius 2 is 1.72 bits per heavy atom. The Morgan fingerprint density at radius 1 is 0.969 bits per heavy atom. The molecule has 0 amide bonds. The van der Waals surface area contributed by atoms with Crippen LogP contribution in [0.25, 0.3) is 21.8 Å². The van der Waals surface area contributed by atoms with Crippen molar-refractivity contribution in [2.45, 2.75) is 20.3 Å². The fourth-order valence-corrected chi connectivity index (χ4v) is 4.36. The molecule has 0 atom stereocenters. The molecule has 0 spiro atoms. The maximum atomic E-state index is 5.56. The maximum absolute atomic E-state index is 5.56. The summed E-state index contributed by atoms with van der Waals surface area (Å²) >= 11 is 0. The number of aryl methyl sites for hydroxylation is 2. The van der Waals surface area contributed by atoms with Gasteiger partial charge in [0.15, 0.2) is 11.5 Å². The molecule has 7 heteroatoms. The number of benzene rings is 2. The number of hydrogen-bond acceptors (Lipinski definition) is 6. The Labute approximate surface area is 187 Å². The molecule has 0 aliphatic carbocycles. The summed E-state index contributed by atoms with van der Waals surface area (Å²) in [6.07, 6.45) is 0.700. The molecule has 1 saturated heterocycles.